The van der Waals surface area contributed by atoms with E-state index in [2.05, 4.69) is 25.2 Å². The number of benzene rings is 2. The van der Waals surface area contributed by atoms with E-state index in [4.69, 9.17) is 4.74 Å². The molecule has 0 radical (unpaired) electrons. The molecule has 2 aliphatic heterocycles. The molecule has 5 rings (SSSR count). The number of piperazine rings is 1. The minimum Gasteiger partial charge on any atom is -0.377 e. The van der Waals surface area contributed by atoms with E-state index in [-0.39, 0.29) is 41.8 Å². The SMILES string of the molecule is CCC(c1ccc(C(F)(F)F)cc1CN(Cc1cc(C(F)(F)F)cc(C(F)(F)F)c1)c1nnn(C)n1)N1CCN(CC2CCCO2)CC1. The van der Waals surface area contributed by atoms with Crippen LogP contribution in [0.2, 0.25) is 0 Å². The van der Waals surface area contributed by atoms with E-state index >= 15 is 0 Å². The van der Waals surface area contributed by atoms with Gasteiger partial charge in [-0.3, -0.25) is 9.80 Å². The predicted molar refractivity (Wildman–Crippen MR) is 157 cm³/mol. The minimum atomic E-state index is -5.08. The van der Waals surface area contributed by atoms with Crippen LogP contribution in [0.4, 0.5) is 45.5 Å². The maximum absolute atomic E-state index is 14.0. The maximum Gasteiger partial charge on any atom is 0.416 e. The van der Waals surface area contributed by atoms with Crippen molar-refractivity contribution in [3.05, 3.63) is 69.8 Å². The Morgan fingerprint density at radius 3 is 2.02 bits per heavy atom. The molecule has 48 heavy (non-hydrogen) atoms. The summed E-state index contributed by atoms with van der Waals surface area (Å²) in [6.45, 7) is 5.30. The Bertz CT molecular complexity index is 1490. The van der Waals surface area contributed by atoms with E-state index in [0.29, 0.717) is 37.2 Å². The van der Waals surface area contributed by atoms with Gasteiger partial charge < -0.3 is 9.64 Å². The molecule has 2 aromatic carbocycles. The van der Waals surface area contributed by atoms with E-state index in [9.17, 15) is 39.5 Å². The van der Waals surface area contributed by atoms with Crippen molar-refractivity contribution in [1.29, 1.82) is 0 Å². The van der Waals surface area contributed by atoms with Crippen LogP contribution in [0.3, 0.4) is 0 Å². The van der Waals surface area contributed by atoms with Crippen molar-refractivity contribution in [1.82, 2.24) is 30.0 Å². The van der Waals surface area contributed by atoms with Crippen LogP contribution in [0.15, 0.2) is 36.4 Å². The molecule has 2 fully saturated rings. The average molecular weight is 694 g/mol. The Balaban J connectivity index is 1.49. The standard InChI is InChI=1S/C31H36F9N7O/c1-3-27(46-10-8-45(9-11-46)19-25-5-4-12-48-25)26-7-6-22(29(32,33)34)15-21(26)18-47(28-41-43-44(2)42-28)17-20-13-23(30(35,36)37)16-24(14-20)31(38,39)40/h6-7,13-16,25,27H,3-5,8-12,17-19H2,1-2H3. The second-order valence-corrected chi connectivity index (χ2v) is 12.2. The summed E-state index contributed by atoms with van der Waals surface area (Å²) in [7, 11) is 1.40. The molecule has 2 unspecified atom stereocenters. The number of hydrogen-bond donors (Lipinski definition) is 0. The van der Waals surface area contributed by atoms with E-state index < -0.39 is 41.8 Å². The number of rotatable bonds is 10. The fourth-order valence-electron chi connectivity index (χ4n) is 6.39. The molecular formula is C31H36F9N7O. The van der Waals surface area contributed by atoms with Crippen molar-refractivity contribution in [3.8, 4) is 0 Å². The first kappa shape index (κ1) is 35.9. The lowest BCUT2D eigenvalue weighted by atomic mass is 9.93. The van der Waals surface area contributed by atoms with E-state index in [1.807, 2.05) is 6.92 Å². The molecule has 0 saturated carbocycles. The van der Waals surface area contributed by atoms with E-state index in [0.717, 1.165) is 56.0 Å². The number of aryl methyl sites for hydroxylation is 1. The van der Waals surface area contributed by atoms with Crippen molar-refractivity contribution in [3.63, 3.8) is 0 Å². The van der Waals surface area contributed by atoms with Crippen molar-refractivity contribution in [2.24, 2.45) is 7.05 Å². The summed E-state index contributed by atoms with van der Waals surface area (Å²) in [6.07, 6.45) is -12.1. The molecule has 2 aliphatic rings. The van der Waals surface area contributed by atoms with Gasteiger partial charge >= 0.3 is 18.5 Å². The zero-order valence-corrected chi connectivity index (χ0v) is 26.3. The molecule has 3 heterocycles. The van der Waals surface area contributed by atoms with Gasteiger partial charge in [0.05, 0.1) is 29.8 Å². The highest BCUT2D eigenvalue weighted by Gasteiger charge is 2.38. The largest absolute Gasteiger partial charge is 0.416 e. The number of nitrogens with zero attached hydrogens (tertiary/aromatic N) is 7. The normalized spacial score (nSPS) is 19.2. The highest BCUT2D eigenvalue weighted by Crippen LogP contribution is 2.38. The van der Waals surface area contributed by atoms with Gasteiger partial charge in [0.1, 0.15) is 0 Å². The molecular weight excluding hydrogens is 657 g/mol. The molecule has 0 bridgehead atoms. The van der Waals surface area contributed by atoms with Crippen molar-refractivity contribution in [2.45, 2.75) is 70.0 Å². The first-order valence-corrected chi connectivity index (χ1v) is 15.6. The van der Waals surface area contributed by atoms with Crippen LogP contribution in [0.5, 0.6) is 0 Å². The molecule has 0 spiro atoms. The topological polar surface area (TPSA) is 62.6 Å². The Morgan fingerprint density at radius 2 is 1.50 bits per heavy atom. The second-order valence-electron chi connectivity index (χ2n) is 12.2. The van der Waals surface area contributed by atoms with Crippen LogP contribution in [0, 0.1) is 0 Å². The van der Waals surface area contributed by atoms with Crippen molar-refractivity contribution >= 4 is 5.95 Å². The van der Waals surface area contributed by atoms with Gasteiger partial charge in [-0.25, -0.2) is 0 Å². The molecule has 3 aromatic rings. The second kappa shape index (κ2) is 14.2. The van der Waals surface area contributed by atoms with Gasteiger partial charge in [0.25, 0.3) is 5.95 Å². The van der Waals surface area contributed by atoms with Gasteiger partial charge in [0.2, 0.25) is 0 Å². The number of alkyl halides is 9. The van der Waals surface area contributed by atoms with Gasteiger partial charge in [-0.15, -0.1) is 5.10 Å². The lowest BCUT2D eigenvalue weighted by Gasteiger charge is -2.40. The lowest BCUT2D eigenvalue weighted by molar-refractivity contribution is -0.143. The fourth-order valence-corrected chi connectivity index (χ4v) is 6.39. The third-order valence-electron chi connectivity index (χ3n) is 8.71. The quantitative estimate of drug-likeness (QED) is 0.219. The first-order valence-electron chi connectivity index (χ1n) is 15.6. The number of tetrazole rings is 1. The van der Waals surface area contributed by atoms with Crippen LogP contribution < -0.4 is 4.90 Å². The summed E-state index contributed by atoms with van der Waals surface area (Å²) in [4.78, 5) is 6.76. The molecule has 0 aliphatic carbocycles. The highest BCUT2D eigenvalue weighted by molar-refractivity contribution is 5.42. The highest BCUT2D eigenvalue weighted by atomic mass is 19.4. The smallest absolute Gasteiger partial charge is 0.377 e. The van der Waals surface area contributed by atoms with Gasteiger partial charge in [0, 0.05) is 58.5 Å². The number of halogens is 9. The number of hydrogen-bond acceptors (Lipinski definition) is 7. The van der Waals surface area contributed by atoms with E-state index in [1.54, 1.807) is 0 Å². The number of aromatic nitrogens is 4. The summed E-state index contributed by atoms with van der Waals surface area (Å²) >= 11 is 0. The predicted octanol–water partition coefficient (Wildman–Crippen LogP) is 6.72. The summed E-state index contributed by atoms with van der Waals surface area (Å²) in [5.74, 6) is -0.178. The molecule has 0 amide bonds. The zero-order valence-electron chi connectivity index (χ0n) is 26.3. The summed E-state index contributed by atoms with van der Waals surface area (Å²) < 4.78 is 130. The summed E-state index contributed by atoms with van der Waals surface area (Å²) in [6, 6.07) is 4.23. The van der Waals surface area contributed by atoms with Crippen LogP contribution in [-0.4, -0.2) is 75.4 Å². The van der Waals surface area contributed by atoms with Crippen molar-refractivity contribution < 1.29 is 44.3 Å². The molecule has 2 saturated heterocycles. The zero-order chi connectivity index (χ0) is 34.9. The van der Waals surface area contributed by atoms with Crippen LogP contribution >= 0.6 is 0 Å². The minimum absolute atomic E-state index is 0.0195. The van der Waals surface area contributed by atoms with Crippen molar-refractivity contribution in [2.75, 3.05) is 44.2 Å². The number of ether oxygens (including phenoxy) is 1. The molecule has 8 nitrogen and oxygen atoms in total. The third kappa shape index (κ3) is 8.77. The third-order valence-corrected chi connectivity index (χ3v) is 8.71. The Labute approximate surface area is 271 Å². The maximum atomic E-state index is 14.0. The molecule has 0 N–H and O–H groups in total. The lowest BCUT2D eigenvalue weighted by Crippen LogP contribution is -2.49. The summed E-state index contributed by atoms with van der Waals surface area (Å²) in [5.41, 5.74) is -3.59. The van der Waals surface area contributed by atoms with Gasteiger partial charge in [0.15, 0.2) is 0 Å². The van der Waals surface area contributed by atoms with Gasteiger partial charge in [-0.2, -0.15) is 44.3 Å². The molecule has 2 atom stereocenters. The average Bonchev–Trinajstić information content (AvgIpc) is 3.69. The molecule has 17 heteroatoms. The van der Waals surface area contributed by atoms with E-state index in [1.165, 1.54) is 18.0 Å². The monoisotopic (exact) mass is 693 g/mol. The van der Waals surface area contributed by atoms with Gasteiger partial charge in [-0.1, -0.05) is 18.1 Å². The summed E-state index contributed by atoms with van der Waals surface area (Å²) in [5, 5.41) is 11.7. The number of anilines is 1. The Morgan fingerprint density at radius 1 is 0.854 bits per heavy atom. The molecule has 264 valence electrons. The van der Waals surface area contributed by atoms with Crippen LogP contribution in [0.25, 0.3) is 0 Å². The Kier molecular flexibility index (Phi) is 10.6. The van der Waals surface area contributed by atoms with Crippen LogP contribution in [-0.2, 0) is 43.4 Å². The first-order chi connectivity index (χ1) is 22.5. The van der Waals surface area contributed by atoms with Gasteiger partial charge in [-0.05, 0) is 71.5 Å². The van der Waals surface area contributed by atoms with Crippen LogP contribution in [0.1, 0.15) is 65.6 Å². The fraction of sp³-hybridized carbons (Fsp3) is 0.581. The Hall–Kier alpha value is -3.44. The molecule has 1 aromatic heterocycles.